The minimum Gasteiger partial charge on any atom is -0.436 e. The van der Waals surface area contributed by atoms with E-state index < -0.39 is 11.7 Å². The predicted molar refractivity (Wildman–Crippen MR) is 106 cm³/mol. The maximum Gasteiger partial charge on any atom is 0.416 e. The SMILES string of the molecule is FC(F)(F)c1cccc(-c2cnc(-c3ccccc3NCc3ccccc3)o2)c1. The molecular formula is C23H17F3N2O. The molecule has 0 saturated heterocycles. The molecule has 1 heterocycles. The summed E-state index contributed by atoms with van der Waals surface area (Å²) in [5.74, 6) is 0.623. The maximum absolute atomic E-state index is 13.0. The standard InChI is InChI=1S/C23H17F3N2O/c24-23(25,26)18-10-6-9-17(13-18)21-15-28-22(29-21)19-11-4-5-12-20(19)27-14-16-7-2-1-3-8-16/h1-13,15,27H,14H2. The summed E-state index contributed by atoms with van der Waals surface area (Å²) < 4.78 is 44.7. The van der Waals surface area contributed by atoms with Gasteiger partial charge >= 0.3 is 6.18 Å². The van der Waals surface area contributed by atoms with Crippen molar-refractivity contribution >= 4 is 5.69 Å². The van der Waals surface area contributed by atoms with Gasteiger partial charge in [0.05, 0.1) is 17.3 Å². The molecule has 0 aliphatic heterocycles. The first-order chi connectivity index (χ1) is 14.0. The molecule has 0 unspecified atom stereocenters. The van der Waals surface area contributed by atoms with E-state index in [1.165, 1.54) is 12.3 Å². The molecule has 0 aliphatic rings. The highest BCUT2D eigenvalue weighted by Gasteiger charge is 2.30. The fourth-order valence-corrected chi connectivity index (χ4v) is 3.00. The minimum absolute atomic E-state index is 0.281. The van der Waals surface area contributed by atoms with Crippen LogP contribution in [0.5, 0.6) is 0 Å². The van der Waals surface area contributed by atoms with E-state index >= 15 is 0 Å². The van der Waals surface area contributed by atoms with Crippen molar-refractivity contribution in [2.45, 2.75) is 12.7 Å². The van der Waals surface area contributed by atoms with Gasteiger partial charge in [0.15, 0.2) is 5.76 Å². The van der Waals surface area contributed by atoms with Crippen molar-refractivity contribution in [2.75, 3.05) is 5.32 Å². The molecule has 3 aromatic carbocycles. The highest BCUT2D eigenvalue weighted by Crippen LogP contribution is 2.34. The zero-order valence-electron chi connectivity index (χ0n) is 15.3. The number of oxazole rings is 1. The molecule has 1 N–H and O–H groups in total. The van der Waals surface area contributed by atoms with Crippen molar-refractivity contribution in [3.63, 3.8) is 0 Å². The van der Waals surface area contributed by atoms with Gasteiger partial charge < -0.3 is 9.73 Å². The lowest BCUT2D eigenvalue weighted by Gasteiger charge is -2.10. The molecule has 0 fully saturated rings. The molecule has 0 spiro atoms. The van der Waals surface area contributed by atoms with Crippen LogP contribution in [0.25, 0.3) is 22.8 Å². The van der Waals surface area contributed by atoms with E-state index in [0.717, 1.165) is 28.9 Å². The van der Waals surface area contributed by atoms with Crippen molar-refractivity contribution in [3.8, 4) is 22.8 Å². The van der Waals surface area contributed by atoms with Gasteiger partial charge in [-0.3, -0.25) is 0 Å². The van der Waals surface area contributed by atoms with Crippen molar-refractivity contribution < 1.29 is 17.6 Å². The summed E-state index contributed by atoms with van der Waals surface area (Å²) in [6.07, 6.45) is -2.97. The summed E-state index contributed by atoms with van der Waals surface area (Å²) in [5, 5.41) is 3.36. The first-order valence-corrected chi connectivity index (χ1v) is 9.01. The summed E-state index contributed by atoms with van der Waals surface area (Å²) >= 11 is 0. The molecule has 0 amide bonds. The fourth-order valence-electron chi connectivity index (χ4n) is 3.00. The molecule has 0 saturated carbocycles. The Hall–Kier alpha value is -3.54. The zero-order chi connectivity index (χ0) is 20.3. The zero-order valence-corrected chi connectivity index (χ0v) is 15.3. The third-order valence-electron chi connectivity index (χ3n) is 4.46. The fraction of sp³-hybridized carbons (Fsp3) is 0.0870. The Bertz CT molecular complexity index is 1100. The number of aromatic nitrogens is 1. The van der Waals surface area contributed by atoms with E-state index in [-0.39, 0.29) is 5.76 Å². The molecule has 4 aromatic rings. The lowest BCUT2D eigenvalue weighted by molar-refractivity contribution is -0.137. The second-order valence-corrected chi connectivity index (χ2v) is 6.49. The molecule has 6 heteroatoms. The Labute approximate surface area is 165 Å². The molecule has 0 radical (unpaired) electrons. The molecule has 1 aromatic heterocycles. The number of rotatable bonds is 5. The van der Waals surface area contributed by atoms with Gasteiger partial charge in [0, 0.05) is 17.8 Å². The van der Waals surface area contributed by atoms with E-state index in [1.54, 1.807) is 6.07 Å². The van der Waals surface area contributed by atoms with Crippen LogP contribution in [-0.2, 0) is 12.7 Å². The van der Waals surface area contributed by atoms with Crippen LogP contribution in [0.3, 0.4) is 0 Å². The van der Waals surface area contributed by atoms with Gasteiger partial charge in [0.25, 0.3) is 0 Å². The Balaban J connectivity index is 1.60. The molecule has 0 atom stereocenters. The average Bonchev–Trinajstić information content (AvgIpc) is 3.23. The Morgan fingerprint density at radius 1 is 0.862 bits per heavy atom. The number of anilines is 1. The molecule has 4 rings (SSSR count). The van der Waals surface area contributed by atoms with Crippen LogP contribution in [0, 0.1) is 0 Å². The van der Waals surface area contributed by atoms with Crippen LogP contribution < -0.4 is 5.32 Å². The maximum atomic E-state index is 13.0. The summed E-state index contributed by atoms with van der Waals surface area (Å²) in [6, 6.07) is 22.5. The minimum atomic E-state index is -4.41. The quantitative estimate of drug-likeness (QED) is 0.412. The lowest BCUT2D eigenvalue weighted by atomic mass is 10.1. The number of para-hydroxylation sites is 1. The predicted octanol–water partition coefficient (Wildman–Crippen LogP) is 6.64. The molecule has 146 valence electrons. The Kier molecular flexibility index (Phi) is 5.08. The third kappa shape index (κ3) is 4.32. The second kappa shape index (κ2) is 7.83. The van der Waals surface area contributed by atoms with Crippen molar-refractivity contribution in [1.82, 2.24) is 4.98 Å². The Morgan fingerprint density at radius 3 is 2.41 bits per heavy atom. The monoisotopic (exact) mass is 394 g/mol. The van der Waals surface area contributed by atoms with E-state index in [0.29, 0.717) is 18.0 Å². The molecule has 29 heavy (non-hydrogen) atoms. The van der Waals surface area contributed by atoms with Crippen LogP contribution in [-0.4, -0.2) is 4.98 Å². The number of hydrogen-bond donors (Lipinski definition) is 1. The number of benzene rings is 3. The normalized spacial score (nSPS) is 11.4. The van der Waals surface area contributed by atoms with E-state index in [1.807, 2.05) is 54.6 Å². The van der Waals surface area contributed by atoms with Gasteiger partial charge in [-0.2, -0.15) is 13.2 Å². The van der Waals surface area contributed by atoms with Gasteiger partial charge in [-0.1, -0.05) is 54.6 Å². The van der Waals surface area contributed by atoms with Crippen molar-refractivity contribution in [1.29, 1.82) is 0 Å². The molecule has 0 aliphatic carbocycles. The first kappa shape index (κ1) is 18.8. The van der Waals surface area contributed by atoms with Gasteiger partial charge in [-0.05, 0) is 29.8 Å². The Morgan fingerprint density at radius 2 is 1.62 bits per heavy atom. The van der Waals surface area contributed by atoms with Gasteiger partial charge in [-0.15, -0.1) is 0 Å². The number of hydrogen-bond acceptors (Lipinski definition) is 3. The van der Waals surface area contributed by atoms with Crippen LogP contribution in [0.2, 0.25) is 0 Å². The highest BCUT2D eigenvalue weighted by atomic mass is 19.4. The number of halogens is 3. The summed E-state index contributed by atoms with van der Waals surface area (Å²) in [7, 11) is 0. The van der Waals surface area contributed by atoms with Gasteiger partial charge in [0.1, 0.15) is 0 Å². The van der Waals surface area contributed by atoms with Crippen LogP contribution >= 0.6 is 0 Å². The largest absolute Gasteiger partial charge is 0.436 e. The van der Waals surface area contributed by atoms with Crippen molar-refractivity contribution in [2.24, 2.45) is 0 Å². The van der Waals surface area contributed by atoms with Gasteiger partial charge in [0.2, 0.25) is 5.89 Å². The lowest BCUT2D eigenvalue weighted by Crippen LogP contribution is -2.04. The van der Waals surface area contributed by atoms with Crippen LogP contribution in [0.15, 0.2) is 89.5 Å². The molecule has 3 nitrogen and oxygen atoms in total. The summed E-state index contributed by atoms with van der Waals surface area (Å²) in [4.78, 5) is 4.28. The number of alkyl halides is 3. The number of nitrogens with zero attached hydrogens (tertiary/aromatic N) is 1. The van der Waals surface area contributed by atoms with Crippen LogP contribution in [0.4, 0.5) is 18.9 Å². The molecular weight excluding hydrogens is 377 g/mol. The average molecular weight is 394 g/mol. The van der Waals surface area contributed by atoms with Gasteiger partial charge in [-0.25, -0.2) is 4.98 Å². The summed E-state index contributed by atoms with van der Waals surface area (Å²) in [6.45, 7) is 0.624. The van der Waals surface area contributed by atoms with E-state index in [9.17, 15) is 13.2 Å². The van der Waals surface area contributed by atoms with Crippen LogP contribution in [0.1, 0.15) is 11.1 Å². The first-order valence-electron chi connectivity index (χ1n) is 9.01. The summed E-state index contributed by atoms with van der Waals surface area (Å²) in [5.41, 5.74) is 2.29. The molecule has 0 bridgehead atoms. The van der Waals surface area contributed by atoms with E-state index in [2.05, 4.69) is 10.3 Å². The second-order valence-electron chi connectivity index (χ2n) is 6.49. The number of nitrogens with one attached hydrogen (secondary N) is 1. The third-order valence-corrected chi connectivity index (χ3v) is 4.46. The highest BCUT2D eigenvalue weighted by molar-refractivity contribution is 5.73. The smallest absolute Gasteiger partial charge is 0.416 e. The van der Waals surface area contributed by atoms with E-state index in [4.69, 9.17) is 4.42 Å². The topological polar surface area (TPSA) is 38.1 Å². The van der Waals surface area contributed by atoms with Crippen molar-refractivity contribution in [3.05, 3.63) is 96.2 Å².